The first-order chi connectivity index (χ1) is 12.1. The lowest BCUT2D eigenvalue weighted by atomic mass is 10.1. The standard InChI is InChI=1S/C17H19N3O5/c1-2-11-24-14-6-3-13(4-7-14)5-9-16(21)19-18-12-15-8-10-17(25-15)20(22)23/h3-4,6-8,10,12H,2,5,9,11H2,1H3,(H,19,21). The third kappa shape index (κ3) is 6.09. The van der Waals surface area contributed by atoms with E-state index in [1.54, 1.807) is 0 Å². The highest BCUT2D eigenvalue weighted by atomic mass is 16.6. The molecule has 0 atom stereocenters. The van der Waals surface area contributed by atoms with Gasteiger partial charge in [0.1, 0.15) is 10.7 Å². The molecule has 1 N–H and O–H groups in total. The fourth-order valence-corrected chi connectivity index (χ4v) is 1.96. The van der Waals surface area contributed by atoms with Gasteiger partial charge in [-0.15, -0.1) is 0 Å². The van der Waals surface area contributed by atoms with Crippen molar-refractivity contribution in [3.8, 4) is 5.75 Å². The largest absolute Gasteiger partial charge is 0.494 e. The van der Waals surface area contributed by atoms with Gasteiger partial charge in [0.2, 0.25) is 5.91 Å². The second kappa shape index (κ2) is 9.21. The number of amides is 1. The number of hydrogen-bond donors (Lipinski definition) is 1. The Morgan fingerprint density at radius 2 is 2.08 bits per heavy atom. The van der Waals surface area contributed by atoms with Crippen molar-refractivity contribution in [3.63, 3.8) is 0 Å². The van der Waals surface area contributed by atoms with Gasteiger partial charge in [0.05, 0.1) is 18.9 Å². The Labute approximate surface area is 144 Å². The van der Waals surface area contributed by atoms with E-state index in [1.807, 2.05) is 31.2 Å². The monoisotopic (exact) mass is 345 g/mol. The highest BCUT2D eigenvalue weighted by Gasteiger charge is 2.10. The van der Waals surface area contributed by atoms with Crippen molar-refractivity contribution in [1.29, 1.82) is 0 Å². The first-order valence-corrected chi connectivity index (χ1v) is 7.86. The van der Waals surface area contributed by atoms with E-state index in [0.717, 1.165) is 17.7 Å². The zero-order valence-electron chi connectivity index (χ0n) is 13.8. The van der Waals surface area contributed by atoms with Crippen molar-refractivity contribution >= 4 is 18.0 Å². The summed E-state index contributed by atoms with van der Waals surface area (Å²) in [7, 11) is 0. The smallest absolute Gasteiger partial charge is 0.433 e. The zero-order chi connectivity index (χ0) is 18.1. The normalized spacial score (nSPS) is 10.8. The van der Waals surface area contributed by atoms with Gasteiger partial charge < -0.3 is 9.15 Å². The third-order valence-electron chi connectivity index (χ3n) is 3.21. The summed E-state index contributed by atoms with van der Waals surface area (Å²) in [6.45, 7) is 2.72. The van der Waals surface area contributed by atoms with Crippen LogP contribution in [-0.4, -0.2) is 23.7 Å². The van der Waals surface area contributed by atoms with Crippen LogP contribution in [0, 0.1) is 10.1 Å². The molecule has 8 nitrogen and oxygen atoms in total. The van der Waals surface area contributed by atoms with Crippen molar-refractivity contribution in [3.05, 3.63) is 57.8 Å². The van der Waals surface area contributed by atoms with Crippen LogP contribution in [0.1, 0.15) is 31.1 Å². The van der Waals surface area contributed by atoms with E-state index in [2.05, 4.69) is 10.5 Å². The van der Waals surface area contributed by atoms with Crippen LogP contribution in [0.4, 0.5) is 5.88 Å². The molecule has 0 aliphatic heterocycles. The number of benzene rings is 1. The summed E-state index contributed by atoms with van der Waals surface area (Å²) in [6, 6.07) is 10.2. The fourth-order valence-electron chi connectivity index (χ4n) is 1.96. The predicted molar refractivity (Wildman–Crippen MR) is 91.6 cm³/mol. The van der Waals surface area contributed by atoms with Crippen LogP contribution in [0.15, 0.2) is 45.9 Å². The minimum absolute atomic E-state index is 0.190. The van der Waals surface area contributed by atoms with Crippen molar-refractivity contribution in [2.75, 3.05) is 6.61 Å². The Balaban J connectivity index is 1.74. The number of rotatable bonds is 9. The number of carbonyl (C=O) groups excluding carboxylic acids is 1. The van der Waals surface area contributed by atoms with E-state index in [-0.39, 0.29) is 24.0 Å². The molecule has 0 aliphatic rings. The zero-order valence-corrected chi connectivity index (χ0v) is 13.8. The molecule has 132 valence electrons. The molecule has 0 radical (unpaired) electrons. The average molecular weight is 345 g/mol. The lowest BCUT2D eigenvalue weighted by Crippen LogP contribution is -2.17. The molecule has 8 heteroatoms. The number of nitrogens with zero attached hydrogens (tertiary/aromatic N) is 2. The van der Waals surface area contributed by atoms with Crippen LogP contribution in [-0.2, 0) is 11.2 Å². The van der Waals surface area contributed by atoms with E-state index in [0.29, 0.717) is 13.0 Å². The molecule has 0 spiro atoms. The van der Waals surface area contributed by atoms with Crippen molar-refractivity contribution < 1.29 is 18.9 Å². The summed E-state index contributed by atoms with van der Waals surface area (Å²) in [5.74, 6) is 0.365. The number of hydrazone groups is 1. The van der Waals surface area contributed by atoms with Gasteiger partial charge in [-0.1, -0.05) is 19.1 Å². The molecule has 1 aromatic heterocycles. The SMILES string of the molecule is CCCOc1ccc(CCC(=O)NN=Cc2ccc([N+](=O)[O-])o2)cc1. The number of nitrogens with one attached hydrogen (secondary N) is 1. The molecule has 0 bridgehead atoms. The van der Waals surface area contributed by atoms with E-state index < -0.39 is 4.92 Å². The molecule has 1 aromatic carbocycles. The van der Waals surface area contributed by atoms with Crippen molar-refractivity contribution in [2.45, 2.75) is 26.2 Å². The van der Waals surface area contributed by atoms with Gasteiger partial charge >= 0.3 is 5.88 Å². The minimum atomic E-state index is -0.644. The number of carbonyl (C=O) groups is 1. The van der Waals surface area contributed by atoms with Crippen LogP contribution in [0.2, 0.25) is 0 Å². The maximum Gasteiger partial charge on any atom is 0.433 e. The van der Waals surface area contributed by atoms with E-state index in [1.165, 1.54) is 18.3 Å². The summed E-state index contributed by atoms with van der Waals surface area (Å²) in [6.07, 6.45) is 3.00. The van der Waals surface area contributed by atoms with Crippen LogP contribution in [0.5, 0.6) is 5.75 Å². The lowest BCUT2D eigenvalue weighted by molar-refractivity contribution is -0.402. The Morgan fingerprint density at radius 3 is 2.72 bits per heavy atom. The van der Waals surface area contributed by atoms with E-state index in [9.17, 15) is 14.9 Å². The number of ether oxygens (including phenoxy) is 1. The number of aryl methyl sites for hydroxylation is 1. The van der Waals surface area contributed by atoms with Gasteiger partial charge in [-0.2, -0.15) is 5.10 Å². The molecule has 2 aromatic rings. The van der Waals surface area contributed by atoms with E-state index in [4.69, 9.17) is 9.15 Å². The van der Waals surface area contributed by atoms with E-state index >= 15 is 0 Å². The summed E-state index contributed by atoms with van der Waals surface area (Å²) >= 11 is 0. The molecular formula is C17H19N3O5. The maximum atomic E-state index is 11.7. The van der Waals surface area contributed by atoms with Crippen LogP contribution in [0.3, 0.4) is 0 Å². The third-order valence-corrected chi connectivity index (χ3v) is 3.21. The Kier molecular flexibility index (Phi) is 6.70. The van der Waals surface area contributed by atoms with Crippen molar-refractivity contribution in [2.24, 2.45) is 5.10 Å². The molecule has 0 saturated carbocycles. The van der Waals surface area contributed by atoms with Gasteiger partial charge in [-0.05, 0) is 36.6 Å². The number of furan rings is 1. The lowest BCUT2D eigenvalue weighted by Gasteiger charge is -2.05. The number of nitro groups is 1. The summed E-state index contributed by atoms with van der Waals surface area (Å²) in [5.41, 5.74) is 3.37. The molecular weight excluding hydrogens is 326 g/mol. The molecule has 0 fully saturated rings. The Morgan fingerprint density at radius 1 is 1.32 bits per heavy atom. The molecule has 2 rings (SSSR count). The first kappa shape index (κ1) is 18.2. The van der Waals surface area contributed by atoms with Gasteiger partial charge in [0.25, 0.3) is 0 Å². The van der Waals surface area contributed by atoms with Gasteiger partial charge in [-0.25, -0.2) is 5.43 Å². The average Bonchev–Trinajstić information content (AvgIpc) is 3.08. The summed E-state index contributed by atoms with van der Waals surface area (Å²) in [4.78, 5) is 21.6. The second-order valence-electron chi connectivity index (χ2n) is 5.22. The van der Waals surface area contributed by atoms with Gasteiger partial charge in [0.15, 0.2) is 5.76 Å². The van der Waals surface area contributed by atoms with Crippen molar-refractivity contribution in [1.82, 2.24) is 5.43 Å². The minimum Gasteiger partial charge on any atom is -0.494 e. The molecule has 25 heavy (non-hydrogen) atoms. The fraction of sp³-hybridized carbons (Fsp3) is 0.294. The number of hydrogen-bond acceptors (Lipinski definition) is 6. The molecule has 0 saturated heterocycles. The quantitative estimate of drug-likeness (QED) is 0.427. The molecule has 1 amide bonds. The second-order valence-corrected chi connectivity index (χ2v) is 5.22. The Hall–Kier alpha value is -3.16. The highest BCUT2D eigenvalue weighted by Crippen LogP contribution is 2.14. The van der Waals surface area contributed by atoms with Gasteiger partial charge in [0, 0.05) is 6.42 Å². The topological polar surface area (TPSA) is 107 Å². The summed E-state index contributed by atoms with van der Waals surface area (Å²) in [5, 5.41) is 14.2. The maximum absolute atomic E-state index is 11.7. The summed E-state index contributed by atoms with van der Waals surface area (Å²) < 4.78 is 10.4. The molecule has 1 heterocycles. The highest BCUT2D eigenvalue weighted by molar-refractivity contribution is 5.80. The van der Waals surface area contributed by atoms with Gasteiger partial charge in [-0.3, -0.25) is 14.9 Å². The molecule has 0 aliphatic carbocycles. The van der Waals surface area contributed by atoms with Crippen LogP contribution >= 0.6 is 0 Å². The predicted octanol–water partition coefficient (Wildman–Crippen LogP) is 3.06. The molecule has 0 unspecified atom stereocenters. The van der Waals surface area contributed by atoms with Crippen LogP contribution in [0.25, 0.3) is 0 Å². The Bertz CT molecular complexity index is 737. The van der Waals surface area contributed by atoms with Crippen LogP contribution < -0.4 is 10.2 Å². The first-order valence-electron chi connectivity index (χ1n) is 7.86.